The van der Waals surface area contributed by atoms with Gasteiger partial charge in [-0.3, -0.25) is 4.79 Å². The molecule has 0 fully saturated rings. The number of aliphatic hydroxyl groups is 1. The van der Waals surface area contributed by atoms with Gasteiger partial charge in [0.15, 0.2) is 0 Å². The van der Waals surface area contributed by atoms with Crippen molar-refractivity contribution in [2.45, 2.75) is 45.1 Å². The van der Waals surface area contributed by atoms with Gasteiger partial charge in [-0.2, -0.15) is 0 Å². The minimum absolute atomic E-state index is 0.0290. The van der Waals surface area contributed by atoms with Crippen molar-refractivity contribution in [3.8, 4) is 0 Å². The second-order valence-corrected chi connectivity index (χ2v) is 6.66. The van der Waals surface area contributed by atoms with Crippen molar-refractivity contribution < 1.29 is 9.90 Å². The van der Waals surface area contributed by atoms with Gasteiger partial charge in [-0.05, 0) is 37.8 Å². The molecule has 1 amide bonds. The van der Waals surface area contributed by atoms with Gasteiger partial charge in [-0.15, -0.1) is 11.8 Å². The van der Waals surface area contributed by atoms with Crippen molar-refractivity contribution in [2.75, 3.05) is 12.3 Å². The number of nitrogens with one attached hydrogen (secondary N) is 1. The fourth-order valence-electron chi connectivity index (χ4n) is 1.92. The molecule has 0 heterocycles. The van der Waals surface area contributed by atoms with Gasteiger partial charge in [0.2, 0.25) is 5.91 Å². The van der Waals surface area contributed by atoms with E-state index in [0.717, 1.165) is 4.90 Å². The quantitative estimate of drug-likeness (QED) is 0.760. The molecular weight excluding hydrogens is 270 g/mol. The van der Waals surface area contributed by atoms with Gasteiger partial charge in [0.1, 0.15) is 0 Å². The molecule has 0 spiro atoms. The highest BCUT2D eigenvalue weighted by molar-refractivity contribution is 8.00. The van der Waals surface area contributed by atoms with Crippen LogP contribution in [0.2, 0.25) is 0 Å². The lowest BCUT2D eigenvalue weighted by Gasteiger charge is -2.14. The van der Waals surface area contributed by atoms with Crippen molar-refractivity contribution in [1.82, 2.24) is 5.32 Å². The summed E-state index contributed by atoms with van der Waals surface area (Å²) in [5, 5.41) is 12.5. The molecule has 0 saturated heterocycles. The molecule has 0 aromatic heterocycles. The van der Waals surface area contributed by atoms with E-state index in [2.05, 4.69) is 37.4 Å². The number of thioether (sulfide) groups is 1. The largest absolute Gasteiger partial charge is 0.391 e. The van der Waals surface area contributed by atoms with Gasteiger partial charge in [0.05, 0.1) is 11.9 Å². The summed E-state index contributed by atoms with van der Waals surface area (Å²) in [4.78, 5) is 12.9. The number of aryl methyl sites for hydroxylation is 2. The van der Waals surface area contributed by atoms with Gasteiger partial charge in [0, 0.05) is 11.4 Å². The van der Waals surface area contributed by atoms with E-state index < -0.39 is 6.10 Å². The van der Waals surface area contributed by atoms with E-state index in [9.17, 15) is 9.90 Å². The lowest BCUT2D eigenvalue weighted by atomic mass is 10.1. The van der Waals surface area contributed by atoms with Crippen LogP contribution in [0.25, 0.3) is 0 Å². The number of benzene rings is 1. The van der Waals surface area contributed by atoms with Crippen LogP contribution in [0.4, 0.5) is 0 Å². The van der Waals surface area contributed by atoms with E-state index in [1.54, 1.807) is 11.8 Å². The first-order chi connectivity index (χ1) is 9.38. The minimum atomic E-state index is -0.454. The number of hydrogen-bond acceptors (Lipinski definition) is 3. The fraction of sp³-hybridized carbons (Fsp3) is 0.562. The molecule has 1 aromatic rings. The standard InChI is InChI=1S/C16H25NO2S/c1-11(2)7-14(18)9-17-16(19)10-20-15-8-12(3)5-6-13(15)4/h5-6,8,11,14,18H,7,9-10H2,1-4H3,(H,17,19). The van der Waals surface area contributed by atoms with E-state index in [-0.39, 0.29) is 5.91 Å². The zero-order valence-electron chi connectivity index (χ0n) is 12.8. The average Bonchev–Trinajstić information content (AvgIpc) is 2.36. The van der Waals surface area contributed by atoms with Crippen LogP contribution in [0.5, 0.6) is 0 Å². The van der Waals surface area contributed by atoms with Crippen molar-refractivity contribution in [3.63, 3.8) is 0 Å². The first-order valence-electron chi connectivity index (χ1n) is 7.03. The summed E-state index contributed by atoms with van der Waals surface area (Å²) in [6, 6.07) is 6.24. The maximum atomic E-state index is 11.8. The van der Waals surface area contributed by atoms with Crippen LogP contribution in [0.1, 0.15) is 31.4 Å². The zero-order chi connectivity index (χ0) is 15.1. The Kier molecular flexibility index (Phi) is 7.10. The molecule has 2 N–H and O–H groups in total. The highest BCUT2D eigenvalue weighted by Crippen LogP contribution is 2.23. The summed E-state index contributed by atoms with van der Waals surface area (Å²) in [6.07, 6.45) is 0.259. The van der Waals surface area contributed by atoms with Gasteiger partial charge in [-0.25, -0.2) is 0 Å². The monoisotopic (exact) mass is 295 g/mol. The smallest absolute Gasteiger partial charge is 0.230 e. The van der Waals surface area contributed by atoms with Crippen LogP contribution in [-0.4, -0.2) is 29.4 Å². The molecule has 3 nitrogen and oxygen atoms in total. The fourth-order valence-corrected chi connectivity index (χ4v) is 2.87. The lowest BCUT2D eigenvalue weighted by Crippen LogP contribution is -2.33. The van der Waals surface area contributed by atoms with Crippen molar-refractivity contribution in [2.24, 2.45) is 5.92 Å². The third-order valence-electron chi connectivity index (χ3n) is 2.98. The summed E-state index contributed by atoms with van der Waals surface area (Å²) in [5.74, 6) is 0.795. The number of amides is 1. The Morgan fingerprint density at radius 2 is 2.05 bits per heavy atom. The lowest BCUT2D eigenvalue weighted by molar-refractivity contribution is -0.119. The predicted molar refractivity (Wildman–Crippen MR) is 85.1 cm³/mol. The van der Waals surface area contributed by atoms with Crippen LogP contribution >= 0.6 is 11.8 Å². The average molecular weight is 295 g/mol. The Hall–Kier alpha value is -1.00. The van der Waals surface area contributed by atoms with Gasteiger partial charge < -0.3 is 10.4 Å². The minimum Gasteiger partial charge on any atom is -0.391 e. The summed E-state index contributed by atoms with van der Waals surface area (Å²) in [7, 11) is 0. The Morgan fingerprint density at radius 1 is 1.35 bits per heavy atom. The Balaban J connectivity index is 2.34. The molecule has 1 unspecified atom stereocenters. The zero-order valence-corrected chi connectivity index (χ0v) is 13.6. The van der Waals surface area contributed by atoms with E-state index in [1.807, 2.05) is 13.8 Å². The molecule has 112 valence electrons. The molecule has 0 aliphatic rings. The van der Waals surface area contributed by atoms with Crippen LogP contribution in [0, 0.1) is 19.8 Å². The first kappa shape index (κ1) is 17.1. The van der Waals surface area contributed by atoms with Crippen molar-refractivity contribution in [1.29, 1.82) is 0 Å². The summed E-state index contributed by atoms with van der Waals surface area (Å²) in [6.45, 7) is 8.55. The Morgan fingerprint density at radius 3 is 2.70 bits per heavy atom. The van der Waals surface area contributed by atoms with Gasteiger partial charge >= 0.3 is 0 Å². The number of hydrogen-bond donors (Lipinski definition) is 2. The third-order valence-corrected chi connectivity index (χ3v) is 4.14. The van der Waals surface area contributed by atoms with Gasteiger partial charge in [0.25, 0.3) is 0 Å². The molecule has 1 aromatic carbocycles. The molecule has 0 saturated carbocycles. The first-order valence-corrected chi connectivity index (χ1v) is 8.02. The SMILES string of the molecule is Cc1ccc(C)c(SCC(=O)NCC(O)CC(C)C)c1. The molecule has 4 heteroatoms. The normalized spacial score (nSPS) is 12.5. The topological polar surface area (TPSA) is 49.3 Å². The van der Waals surface area contributed by atoms with Gasteiger partial charge in [-0.1, -0.05) is 31.5 Å². The molecule has 20 heavy (non-hydrogen) atoms. The summed E-state index contributed by atoms with van der Waals surface area (Å²) < 4.78 is 0. The maximum absolute atomic E-state index is 11.8. The molecule has 1 rings (SSSR count). The second-order valence-electron chi connectivity index (χ2n) is 5.65. The van der Waals surface area contributed by atoms with E-state index in [4.69, 9.17) is 0 Å². The maximum Gasteiger partial charge on any atom is 0.230 e. The highest BCUT2D eigenvalue weighted by atomic mass is 32.2. The van der Waals surface area contributed by atoms with Crippen molar-refractivity contribution in [3.05, 3.63) is 29.3 Å². The molecule has 0 bridgehead atoms. The second kappa shape index (κ2) is 8.32. The number of carbonyl (C=O) groups excluding carboxylic acids is 1. The molecular formula is C16H25NO2S. The molecule has 0 aliphatic carbocycles. The molecule has 0 aliphatic heterocycles. The van der Waals surface area contributed by atoms with Crippen LogP contribution < -0.4 is 5.32 Å². The Labute approximate surface area is 126 Å². The number of rotatable bonds is 7. The molecule has 0 radical (unpaired) electrons. The summed E-state index contributed by atoms with van der Waals surface area (Å²) >= 11 is 1.54. The third kappa shape index (κ3) is 6.44. The number of aliphatic hydroxyl groups excluding tert-OH is 1. The molecule has 1 atom stereocenters. The van der Waals surface area contributed by atoms with Crippen LogP contribution in [-0.2, 0) is 4.79 Å². The van der Waals surface area contributed by atoms with E-state index >= 15 is 0 Å². The van der Waals surface area contributed by atoms with Crippen LogP contribution in [0.3, 0.4) is 0 Å². The van der Waals surface area contributed by atoms with E-state index in [0.29, 0.717) is 24.6 Å². The van der Waals surface area contributed by atoms with Crippen LogP contribution in [0.15, 0.2) is 23.1 Å². The predicted octanol–water partition coefficient (Wildman–Crippen LogP) is 2.92. The highest BCUT2D eigenvalue weighted by Gasteiger charge is 2.10. The van der Waals surface area contributed by atoms with Crippen molar-refractivity contribution >= 4 is 17.7 Å². The van der Waals surface area contributed by atoms with E-state index in [1.165, 1.54) is 11.1 Å². The summed E-state index contributed by atoms with van der Waals surface area (Å²) in [5.41, 5.74) is 2.39. The Bertz CT molecular complexity index is 446. The number of carbonyl (C=O) groups is 1.